The Morgan fingerprint density at radius 2 is 2.00 bits per heavy atom. The molecule has 4 rings (SSSR count). The third kappa shape index (κ3) is 5.13. The fraction of sp³-hybridized carbons (Fsp3) is 0.480. The van der Waals surface area contributed by atoms with Gasteiger partial charge in [0.05, 0.1) is 12.3 Å². The predicted molar refractivity (Wildman–Crippen MR) is 126 cm³/mol. The molecule has 1 saturated heterocycles. The van der Waals surface area contributed by atoms with Gasteiger partial charge in [-0.05, 0) is 68.9 Å². The Balaban J connectivity index is 1.45. The van der Waals surface area contributed by atoms with Crippen molar-refractivity contribution in [2.24, 2.45) is 0 Å². The fourth-order valence-electron chi connectivity index (χ4n) is 4.54. The van der Waals surface area contributed by atoms with Crippen LogP contribution in [0.15, 0.2) is 36.4 Å². The van der Waals surface area contributed by atoms with Crippen LogP contribution in [0.1, 0.15) is 22.3 Å². The maximum Gasteiger partial charge on any atom is 0.258 e. The lowest BCUT2D eigenvalue weighted by Gasteiger charge is -2.30. The van der Waals surface area contributed by atoms with E-state index in [0.717, 1.165) is 25.1 Å². The van der Waals surface area contributed by atoms with Crippen molar-refractivity contribution in [1.29, 1.82) is 0 Å². The number of amides is 1. The van der Waals surface area contributed by atoms with Gasteiger partial charge in [0.15, 0.2) is 0 Å². The first-order valence-corrected chi connectivity index (χ1v) is 11.3. The molecule has 33 heavy (non-hydrogen) atoms. The third-order valence-corrected chi connectivity index (χ3v) is 6.44. The first-order valence-electron chi connectivity index (χ1n) is 11.3. The number of aliphatic hydroxyl groups excluding tert-OH is 1. The Morgan fingerprint density at radius 3 is 2.70 bits per heavy atom. The van der Waals surface area contributed by atoms with Crippen LogP contribution in [0, 0.1) is 5.82 Å². The summed E-state index contributed by atoms with van der Waals surface area (Å²) in [6, 6.07) is 10.8. The van der Waals surface area contributed by atoms with E-state index in [1.54, 1.807) is 23.1 Å². The first-order chi connectivity index (χ1) is 15.9. The molecule has 2 atom stereocenters. The summed E-state index contributed by atoms with van der Waals surface area (Å²) in [5.41, 5.74) is 2.63. The van der Waals surface area contributed by atoms with Crippen LogP contribution in [0.4, 0.5) is 15.8 Å². The van der Waals surface area contributed by atoms with Crippen molar-refractivity contribution in [1.82, 2.24) is 4.90 Å². The minimum atomic E-state index is -0.713. The Hall–Kier alpha value is -2.68. The SMILES string of the molecule is COCC(O)COc1ccc2c(c1)CCN(c1ccc(N3CC[C@@H](N(C)C)C3)c(F)c1)C2=O. The number of ether oxygens (including phenoxy) is 2. The summed E-state index contributed by atoms with van der Waals surface area (Å²) >= 11 is 0. The molecule has 8 heteroatoms. The zero-order valence-corrected chi connectivity index (χ0v) is 19.5. The van der Waals surface area contributed by atoms with Gasteiger partial charge in [-0.25, -0.2) is 4.39 Å². The fourth-order valence-corrected chi connectivity index (χ4v) is 4.54. The molecule has 1 amide bonds. The van der Waals surface area contributed by atoms with E-state index in [1.807, 2.05) is 26.2 Å². The molecule has 1 fully saturated rings. The van der Waals surface area contributed by atoms with E-state index in [9.17, 15) is 9.90 Å². The van der Waals surface area contributed by atoms with Crippen molar-refractivity contribution >= 4 is 17.3 Å². The third-order valence-electron chi connectivity index (χ3n) is 6.44. The van der Waals surface area contributed by atoms with Crippen molar-refractivity contribution in [2.45, 2.75) is 25.0 Å². The largest absolute Gasteiger partial charge is 0.491 e. The van der Waals surface area contributed by atoms with E-state index in [0.29, 0.717) is 41.7 Å². The summed E-state index contributed by atoms with van der Waals surface area (Å²) in [6.45, 7) is 2.40. The molecule has 7 nitrogen and oxygen atoms in total. The first kappa shape index (κ1) is 23.5. The topological polar surface area (TPSA) is 65.5 Å². The number of carbonyl (C=O) groups is 1. The quantitative estimate of drug-likeness (QED) is 0.657. The van der Waals surface area contributed by atoms with Crippen LogP contribution in [0.3, 0.4) is 0 Å². The average Bonchev–Trinajstić information content (AvgIpc) is 3.28. The predicted octanol–water partition coefficient (Wildman–Crippen LogP) is 2.56. The minimum absolute atomic E-state index is 0.116. The van der Waals surface area contributed by atoms with Gasteiger partial charge >= 0.3 is 0 Å². The number of hydrogen-bond acceptors (Lipinski definition) is 6. The monoisotopic (exact) mass is 457 g/mol. The van der Waals surface area contributed by atoms with Crippen LogP contribution in [-0.2, 0) is 11.2 Å². The summed E-state index contributed by atoms with van der Waals surface area (Å²) in [6.07, 6.45) is 0.932. The molecule has 0 spiro atoms. The number of halogens is 1. The zero-order chi connectivity index (χ0) is 23.5. The van der Waals surface area contributed by atoms with Gasteiger partial charge in [-0.15, -0.1) is 0 Å². The van der Waals surface area contributed by atoms with Gasteiger partial charge < -0.3 is 29.3 Å². The maximum absolute atomic E-state index is 15.0. The number of rotatable bonds is 8. The Morgan fingerprint density at radius 1 is 1.18 bits per heavy atom. The zero-order valence-electron chi connectivity index (χ0n) is 19.5. The van der Waals surface area contributed by atoms with Gasteiger partial charge in [-0.2, -0.15) is 0 Å². The van der Waals surface area contributed by atoms with E-state index < -0.39 is 6.10 Å². The highest BCUT2D eigenvalue weighted by Crippen LogP contribution is 2.32. The number of benzene rings is 2. The second-order valence-electron chi connectivity index (χ2n) is 8.93. The van der Waals surface area contributed by atoms with E-state index >= 15 is 4.39 Å². The lowest BCUT2D eigenvalue weighted by molar-refractivity contribution is 0.0325. The number of fused-ring (bicyclic) bond motifs is 1. The normalized spacial score (nSPS) is 19.2. The van der Waals surface area contributed by atoms with Crippen LogP contribution in [0.25, 0.3) is 0 Å². The highest BCUT2D eigenvalue weighted by Gasteiger charge is 2.29. The van der Waals surface area contributed by atoms with Gasteiger partial charge in [0, 0.05) is 44.0 Å². The molecule has 2 aromatic rings. The van der Waals surface area contributed by atoms with Crippen molar-refractivity contribution < 1.29 is 23.8 Å². The Bertz CT molecular complexity index is 1000. The lowest BCUT2D eigenvalue weighted by atomic mass is 9.98. The van der Waals surface area contributed by atoms with Crippen LogP contribution < -0.4 is 14.5 Å². The standard InChI is InChI=1S/C25H32FN3O4/c1-27(2)19-9-10-28(14-19)24-7-4-18(13-23(24)26)29-11-8-17-12-21(5-6-22(17)25(29)31)33-16-20(30)15-32-3/h4-7,12-13,19-20,30H,8-11,14-16H2,1-3H3/t19-,20?/m1/s1. The van der Waals surface area contributed by atoms with Gasteiger partial charge in [0.1, 0.15) is 24.3 Å². The minimum Gasteiger partial charge on any atom is -0.491 e. The van der Waals surface area contributed by atoms with E-state index in [4.69, 9.17) is 9.47 Å². The van der Waals surface area contributed by atoms with Crippen LogP contribution >= 0.6 is 0 Å². The second kappa shape index (κ2) is 10.1. The van der Waals surface area contributed by atoms with Crippen molar-refractivity contribution in [3.05, 3.63) is 53.3 Å². The molecule has 1 unspecified atom stereocenters. The summed E-state index contributed by atoms with van der Waals surface area (Å²) in [5.74, 6) is 0.147. The highest BCUT2D eigenvalue weighted by atomic mass is 19.1. The van der Waals surface area contributed by atoms with Crippen LogP contribution in [0.5, 0.6) is 5.75 Å². The molecule has 1 N–H and O–H groups in total. The number of nitrogens with zero attached hydrogens (tertiary/aromatic N) is 3. The smallest absolute Gasteiger partial charge is 0.258 e. The maximum atomic E-state index is 15.0. The molecule has 0 saturated carbocycles. The number of aliphatic hydroxyl groups is 1. The summed E-state index contributed by atoms with van der Waals surface area (Å²) in [4.78, 5) is 19.0. The average molecular weight is 458 g/mol. The molecule has 2 aliphatic heterocycles. The van der Waals surface area contributed by atoms with Crippen molar-refractivity contribution in [2.75, 3.05) is 63.9 Å². The summed E-state index contributed by atoms with van der Waals surface area (Å²) < 4.78 is 25.5. The van der Waals surface area contributed by atoms with E-state index in [2.05, 4.69) is 9.80 Å². The molecule has 2 aliphatic rings. The molecule has 0 radical (unpaired) electrons. The number of carbonyl (C=O) groups excluding carboxylic acids is 1. The van der Waals surface area contributed by atoms with Gasteiger partial charge in [0.2, 0.25) is 0 Å². The van der Waals surface area contributed by atoms with Gasteiger partial charge in [-0.1, -0.05) is 0 Å². The molecule has 2 heterocycles. The number of methoxy groups -OCH3 is 1. The molecular formula is C25H32FN3O4. The summed E-state index contributed by atoms with van der Waals surface area (Å²) in [5, 5.41) is 9.75. The van der Waals surface area contributed by atoms with Gasteiger partial charge in [-0.3, -0.25) is 4.79 Å². The van der Waals surface area contributed by atoms with Crippen LogP contribution in [0.2, 0.25) is 0 Å². The van der Waals surface area contributed by atoms with Crippen LogP contribution in [-0.4, -0.2) is 82.1 Å². The molecule has 0 aliphatic carbocycles. The molecule has 178 valence electrons. The molecule has 2 aromatic carbocycles. The molecular weight excluding hydrogens is 425 g/mol. The molecule has 0 aromatic heterocycles. The van der Waals surface area contributed by atoms with Gasteiger partial charge in [0.25, 0.3) is 5.91 Å². The number of hydrogen-bond donors (Lipinski definition) is 1. The highest BCUT2D eigenvalue weighted by molar-refractivity contribution is 6.08. The van der Waals surface area contributed by atoms with Crippen molar-refractivity contribution in [3.63, 3.8) is 0 Å². The van der Waals surface area contributed by atoms with E-state index in [-0.39, 0.29) is 24.9 Å². The second-order valence-corrected chi connectivity index (χ2v) is 8.93. The van der Waals surface area contributed by atoms with E-state index in [1.165, 1.54) is 13.2 Å². The number of anilines is 2. The lowest BCUT2D eigenvalue weighted by Crippen LogP contribution is -2.37. The summed E-state index contributed by atoms with van der Waals surface area (Å²) in [7, 11) is 5.62. The Kier molecular flexibility index (Phi) is 7.17. The van der Waals surface area contributed by atoms with Crippen molar-refractivity contribution in [3.8, 4) is 5.75 Å². The molecule has 0 bridgehead atoms. The Labute approximate surface area is 194 Å². The number of likely N-dealkylation sites (N-methyl/N-ethyl adjacent to an activating group) is 1.